The third-order valence-electron chi connectivity index (χ3n) is 4.11. The molecule has 0 spiro atoms. The number of hydrogen-bond donors (Lipinski definition) is 1. The average Bonchev–Trinajstić information content (AvgIpc) is 3.25. The van der Waals surface area contributed by atoms with Crippen LogP contribution in [0.15, 0.2) is 60.0 Å². The van der Waals surface area contributed by atoms with E-state index in [0.717, 1.165) is 16.6 Å². The van der Waals surface area contributed by atoms with Crippen LogP contribution in [0.3, 0.4) is 0 Å². The van der Waals surface area contributed by atoms with E-state index in [9.17, 15) is 9.59 Å². The number of amides is 1. The van der Waals surface area contributed by atoms with Crippen molar-refractivity contribution >= 4 is 39.3 Å². The number of nitrogens with zero attached hydrogens (tertiary/aromatic N) is 3. The fourth-order valence-corrected chi connectivity index (χ4v) is 3.59. The van der Waals surface area contributed by atoms with Crippen molar-refractivity contribution in [3.63, 3.8) is 0 Å². The van der Waals surface area contributed by atoms with Gasteiger partial charge in [-0.15, -0.1) is 11.3 Å². The van der Waals surface area contributed by atoms with Crippen LogP contribution in [0.4, 0.5) is 5.13 Å². The second-order valence-corrected chi connectivity index (χ2v) is 6.89. The second kappa shape index (κ2) is 7.13. The fourth-order valence-electron chi connectivity index (χ4n) is 2.89. The Morgan fingerprint density at radius 2 is 1.78 bits per heavy atom. The molecule has 1 N–H and O–H groups in total. The molecule has 27 heavy (non-hydrogen) atoms. The number of fused-ring (bicyclic) bond motifs is 1. The highest BCUT2D eigenvalue weighted by Crippen LogP contribution is 2.21. The molecule has 7 heteroatoms. The molecule has 0 fully saturated rings. The number of para-hydroxylation sites is 2. The van der Waals surface area contributed by atoms with Crippen molar-refractivity contribution in [1.82, 2.24) is 14.5 Å². The smallest absolute Gasteiger partial charge is 0.283 e. The number of aromatic nitrogens is 3. The number of thiazole rings is 1. The summed E-state index contributed by atoms with van der Waals surface area (Å²) in [7, 11) is 0. The van der Waals surface area contributed by atoms with Crippen molar-refractivity contribution < 1.29 is 9.59 Å². The van der Waals surface area contributed by atoms with E-state index in [1.165, 1.54) is 11.3 Å². The largest absolute Gasteiger partial charge is 0.302 e. The Kier molecular flexibility index (Phi) is 4.52. The maximum Gasteiger partial charge on any atom is 0.283 e. The van der Waals surface area contributed by atoms with Gasteiger partial charge in [-0.3, -0.25) is 14.2 Å². The van der Waals surface area contributed by atoms with Gasteiger partial charge in [0.25, 0.3) is 5.91 Å². The van der Waals surface area contributed by atoms with E-state index >= 15 is 0 Å². The molecule has 2 aromatic carbocycles. The molecule has 2 aromatic heterocycles. The van der Waals surface area contributed by atoms with E-state index < -0.39 is 0 Å². The highest BCUT2D eigenvalue weighted by molar-refractivity contribution is 7.14. The van der Waals surface area contributed by atoms with Gasteiger partial charge in [0, 0.05) is 5.38 Å². The number of nitrogens with one attached hydrogen (secondary N) is 1. The van der Waals surface area contributed by atoms with Crippen molar-refractivity contribution in [2.24, 2.45) is 0 Å². The van der Waals surface area contributed by atoms with Crippen molar-refractivity contribution in [3.05, 3.63) is 77.1 Å². The molecular formula is C20H16N4O2S. The number of hydrogen-bond acceptors (Lipinski definition) is 5. The lowest BCUT2D eigenvalue weighted by atomic mass is 10.1. The molecule has 6 nitrogen and oxygen atoms in total. The van der Waals surface area contributed by atoms with Gasteiger partial charge in [-0.2, -0.15) is 0 Å². The SMILES string of the molecule is Cc1nc2ccccc2n1C(=O)c1csc(NC(=O)Cc2ccccc2)n1. The molecule has 0 radical (unpaired) electrons. The molecule has 0 atom stereocenters. The van der Waals surface area contributed by atoms with Crippen molar-refractivity contribution in [2.75, 3.05) is 5.32 Å². The quantitative estimate of drug-likeness (QED) is 0.589. The van der Waals surface area contributed by atoms with Crippen LogP contribution in [0, 0.1) is 6.92 Å². The molecule has 0 saturated heterocycles. The van der Waals surface area contributed by atoms with E-state index in [2.05, 4.69) is 15.3 Å². The predicted molar refractivity (Wildman–Crippen MR) is 105 cm³/mol. The monoisotopic (exact) mass is 376 g/mol. The molecule has 4 rings (SSSR count). The molecule has 1 amide bonds. The summed E-state index contributed by atoms with van der Waals surface area (Å²) < 4.78 is 1.54. The minimum Gasteiger partial charge on any atom is -0.302 e. The van der Waals surface area contributed by atoms with Gasteiger partial charge in [-0.25, -0.2) is 9.97 Å². The molecule has 0 saturated carbocycles. The first kappa shape index (κ1) is 17.1. The van der Waals surface area contributed by atoms with Crippen LogP contribution in [-0.4, -0.2) is 26.3 Å². The number of benzene rings is 2. The Hall–Kier alpha value is -3.32. The topological polar surface area (TPSA) is 76.9 Å². The molecule has 0 unspecified atom stereocenters. The highest BCUT2D eigenvalue weighted by Gasteiger charge is 2.19. The fraction of sp³-hybridized carbons (Fsp3) is 0.100. The third kappa shape index (κ3) is 3.50. The van der Waals surface area contributed by atoms with Gasteiger partial charge in [0.2, 0.25) is 5.91 Å². The van der Waals surface area contributed by atoms with E-state index in [0.29, 0.717) is 11.0 Å². The zero-order valence-electron chi connectivity index (χ0n) is 14.5. The van der Waals surface area contributed by atoms with Crippen LogP contribution >= 0.6 is 11.3 Å². The van der Waals surface area contributed by atoms with E-state index in [-0.39, 0.29) is 23.9 Å². The normalized spacial score (nSPS) is 10.9. The number of carbonyl (C=O) groups is 2. The molecule has 0 aliphatic rings. The summed E-state index contributed by atoms with van der Waals surface area (Å²) in [6.07, 6.45) is 0.259. The lowest BCUT2D eigenvalue weighted by Crippen LogP contribution is -2.16. The number of anilines is 1. The van der Waals surface area contributed by atoms with Gasteiger partial charge in [0.15, 0.2) is 5.13 Å². The van der Waals surface area contributed by atoms with Crippen LogP contribution in [0.2, 0.25) is 0 Å². The maximum atomic E-state index is 12.9. The minimum atomic E-state index is -0.263. The zero-order valence-corrected chi connectivity index (χ0v) is 15.4. The number of rotatable bonds is 4. The molecule has 2 heterocycles. The van der Waals surface area contributed by atoms with Crippen LogP contribution in [-0.2, 0) is 11.2 Å². The summed E-state index contributed by atoms with van der Waals surface area (Å²) in [6.45, 7) is 1.78. The Labute approximate surface area is 159 Å². The number of aryl methyl sites for hydroxylation is 1. The van der Waals surface area contributed by atoms with Gasteiger partial charge in [0.05, 0.1) is 17.5 Å². The Morgan fingerprint density at radius 3 is 2.59 bits per heavy atom. The summed E-state index contributed by atoms with van der Waals surface area (Å²) in [5.74, 6) is 0.170. The first-order chi connectivity index (χ1) is 13.1. The Balaban J connectivity index is 1.53. The first-order valence-electron chi connectivity index (χ1n) is 8.40. The highest BCUT2D eigenvalue weighted by atomic mass is 32.1. The van der Waals surface area contributed by atoms with Crippen molar-refractivity contribution in [3.8, 4) is 0 Å². The van der Waals surface area contributed by atoms with E-state index in [4.69, 9.17) is 0 Å². The molecule has 4 aromatic rings. The van der Waals surface area contributed by atoms with Gasteiger partial charge >= 0.3 is 0 Å². The Morgan fingerprint density at radius 1 is 1.04 bits per heavy atom. The van der Waals surface area contributed by atoms with Crippen molar-refractivity contribution in [2.45, 2.75) is 13.3 Å². The van der Waals surface area contributed by atoms with E-state index in [1.807, 2.05) is 54.6 Å². The third-order valence-corrected chi connectivity index (χ3v) is 4.87. The van der Waals surface area contributed by atoms with Crippen LogP contribution < -0.4 is 5.32 Å². The second-order valence-electron chi connectivity index (χ2n) is 6.04. The predicted octanol–water partition coefficient (Wildman–Crippen LogP) is 3.67. The van der Waals surface area contributed by atoms with Crippen molar-refractivity contribution in [1.29, 1.82) is 0 Å². The average molecular weight is 376 g/mol. The van der Waals surface area contributed by atoms with Crippen LogP contribution in [0.5, 0.6) is 0 Å². The molecule has 0 bridgehead atoms. The molecule has 0 aliphatic heterocycles. The van der Waals surface area contributed by atoms with Crippen LogP contribution in [0.25, 0.3) is 11.0 Å². The lowest BCUT2D eigenvalue weighted by molar-refractivity contribution is -0.115. The van der Waals surface area contributed by atoms with Gasteiger partial charge < -0.3 is 5.32 Å². The Bertz CT molecular complexity index is 1130. The summed E-state index contributed by atoms with van der Waals surface area (Å²) in [5.41, 5.74) is 2.70. The first-order valence-corrected chi connectivity index (χ1v) is 9.28. The van der Waals surface area contributed by atoms with Gasteiger partial charge in [-0.05, 0) is 24.6 Å². The summed E-state index contributed by atoms with van der Waals surface area (Å²) >= 11 is 1.23. The maximum absolute atomic E-state index is 12.9. The minimum absolute atomic E-state index is 0.168. The van der Waals surface area contributed by atoms with Gasteiger partial charge in [-0.1, -0.05) is 42.5 Å². The lowest BCUT2D eigenvalue weighted by Gasteiger charge is -2.03. The number of carbonyl (C=O) groups excluding carboxylic acids is 2. The number of imidazole rings is 1. The summed E-state index contributed by atoms with van der Waals surface area (Å²) in [4.78, 5) is 33.8. The molecular weight excluding hydrogens is 360 g/mol. The molecule has 0 aliphatic carbocycles. The molecule has 134 valence electrons. The van der Waals surface area contributed by atoms with Gasteiger partial charge in [0.1, 0.15) is 11.5 Å². The zero-order chi connectivity index (χ0) is 18.8. The van der Waals surface area contributed by atoms with Crippen LogP contribution in [0.1, 0.15) is 21.9 Å². The standard InChI is InChI=1S/C20H16N4O2S/c1-13-21-15-9-5-6-10-17(15)24(13)19(26)16-12-27-20(22-16)23-18(25)11-14-7-3-2-4-8-14/h2-10,12H,11H2,1H3,(H,22,23,25). The summed E-state index contributed by atoms with van der Waals surface area (Å²) in [5, 5.41) is 4.81. The summed E-state index contributed by atoms with van der Waals surface area (Å²) in [6, 6.07) is 16.9. The van der Waals surface area contributed by atoms with E-state index in [1.54, 1.807) is 16.9 Å².